The lowest BCUT2D eigenvalue weighted by Crippen LogP contribution is -2.27. The van der Waals surface area contributed by atoms with Gasteiger partial charge in [0.15, 0.2) is 0 Å². The van der Waals surface area contributed by atoms with Crippen molar-refractivity contribution in [3.63, 3.8) is 0 Å². The van der Waals surface area contributed by atoms with Gasteiger partial charge in [0.2, 0.25) is 0 Å². The van der Waals surface area contributed by atoms with E-state index in [9.17, 15) is 8.42 Å². The van der Waals surface area contributed by atoms with E-state index in [0.717, 1.165) is 0 Å². The quantitative estimate of drug-likeness (QED) is 0.913. The number of hydrogen-bond acceptors (Lipinski definition) is 5. The molecule has 0 fully saturated rings. The third-order valence-electron chi connectivity index (χ3n) is 2.38. The van der Waals surface area contributed by atoms with E-state index >= 15 is 0 Å². The SMILES string of the molecule is CC(C)(C)n1nnnc1NS(=O)(=O)c1ccccc1. The Labute approximate surface area is 111 Å². The van der Waals surface area contributed by atoms with Crippen LogP contribution in [0.4, 0.5) is 5.95 Å². The van der Waals surface area contributed by atoms with Crippen molar-refractivity contribution in [3.05, 3.63) is 30.3 Å². The molecule has 0 atom stereocenters. The molecule has 0 amide bonds. The molecule has 0 saturated carbocycles. The zero-order chi connectivity index (χ0) is 14.1. The Morgan fingerprint density at radius 2 is 1.79 bits per heavy atom. The Morgan fingerprint density at radius 1 is 1.16 bits per heavy atom. The first-order chi connectivity index (χ1) is 8.81. The van der Waals surface area contributed by atoms with Crippen molar-refractivity contribution >= 4 is 16.0 Å². The van der Waals surface area contributed by atoms with Gasteiger partial charge in [-0.2, -0.15) is 0 Å². The van der Waals surface area contributed by atoms with Crippen LogP contribution >= 0.6 is 0 Å². The Bertz CT molecular complexity index is 658. The molecule has 0 bridgehead atoms. The summed E-state index contributed by atoms with van der Waals surface area (Å²) in [6, 6.07) is 8.07. The molecule has 1 N–H and O–H groups in total. The molecule has 2 aromatic rings. The smallest absolute Gasteiger partial charge is 0.246 e. The van der Waals surface area contributed by atoms with Crippen molar-refractivity contribution < 1.29 is 8.42 Å². The fraction of sp³-hybridized carbons (Fsp3) is 0.364. The molecule has 0 radical (unpaired) electrons. The van der Waals surface area contributed by atoms with Gasteiger partial charge in [-0.05, 0) is 43.3 Å². The maximum Gasteiger partial charge on any atom is 0.264 e. The Balaban J connectivity index is 2.35. The van der Waals surface area contributed by atoms with E-state index in [2.05, 4.69) is 20.2 Å². The van der Waals surface area contributed by atoms with Crippen molar-refractivity contribution in [2.75, 3.05) is 4.72 Å². The summed E-state index contributed by atoms with van der Waals surface area (Å²) in [6.07, 6.45) is 0. The first kappa shape index (κ1) is 13.5. The number of nitrogens with one attached hydrogen (secondary N) is 1. The lowest BCUT2D eigenvalue weighted by Gasteiger charge is -2.19. The summed E-state index contributed by atoms with van der Waals surface area (Å²) in [4.78, 5) is 0.165. The van der Waals surface area contributed by atoms with E-state index in [1.165, 1.54) is 16.8 Å². The number of anilines is 1. The van der Waals surface area contributed by atoms with E-state index in [-0.39, 0.29) is 10.8 Å². The molecule has 1 aromatic heterocycles. The van der Waals surface area contributed by atoms with Gasteiger partial charge >= 0.3 is 0 Å². The van der Waals surface area contributed by atoms with Crippen LogP contribution in [0.5, 0.6) is 0 Å². The predicted molar refractivity (Wildman–Crippen MR) is 70.1 cm³/mol. The Kier molecular flexibility index (Phi) is 3.27. The molecule has 0 unspecified atom stereocenters. The molecule has 0 spiro atoms. The summed E-state index contributed by atoms with van der Waals surface area (Å²) in [6.45, 7) is 5.64. The van der Waals surface area contributed by atoms with Gasteiger partial charge in [0, 0.05) is 0 Å². The minimum Gasteiger partial charge on any atom is -0.246 e. The van der Waals surface area contributed by atoms with Gasteiger partial charge in [-0.1, -0.05) is 23.3 Å². The average Bonchev–Trinajstić information content (AvgIpc) is 2.77. The van der Waals surface area contributed by atoms with E-state index in [1.807, 2.05) is 20.8 Å². The average molecular weight is 281 g/mol. The third-order valence-corrected chi connectivity index (χ3v) is 3.73. The second kappa shape index (κ2) is 4.61. The van der Waals surface area contributed by atoms with Crippen LogP contribution in [0.3, 0.4) is 0 Å². The fourth-order valence-corrected chi connectivity index (χ4v) is 2.48. The molecule has 7 nitrogen and oxygen atoms in total. The standard InChI is InChI=1S/C11H15N5O2S/c1-11(2,3)16-10(12-14-15-16)13-19(17,18)9-7-5-4-6-8-9/h4-8H,1-3H3,(H,12,13,15). The summed E-state index contributed by atoms with van der Waals surface area (Å²) in [7, 11) is -3.68. The monoisotopic (exact) mass is 281 g/mol. The maximum atomic E-state index is 12.2. The van der Waals surface area contributed by atoms with Crippen LogP contribution in [0.1, 0.15) is 20.8 Å². The molecule has 2 rings (SSSR count). The molecule has 102 valence electrons. The highest BCUT2D eigenvalue weighted by molar-refractivity contribution is 7.92. The van der Waals surface area contributed by atoms with E-state index < -0.39 is 15.6 Å². The van der Waals surface area contributed by atoms with Crippen LogP contribution in [0.15, 0.2) is 35.2 Å². The van der Waals surface area contributed by atoms with Crippen LogP contribution < -0.4 is 4.72 Å². The lowest BCUT2D eigenvalue weighted by atomic mass is 10.1. The van der Waals surface area contributed by atoms with Gasteiger partial charge in [-0.15, -0.1) is 0 Å². The molecule has 19 heavy (non-hydrogen) atoms. The van der Waals surface area contributed by atoms with Gasteiger partial charge in [-0.3, -0.25) is 0 Å². The molecule has 8 heteroatoms. The molecule has 1 aromatic carbocycles. The second-order valence-electron chi connectivity index (χ2n) is 5.00. The molecular weight excluding hydrogens is 266 g/mol. The maximum absolute atomic E-state index is 12.2. The summed E-state index contributed by atoms with van der Waals surface area (Å²) >= 11 is 0. The topological polar surface area (TPSA) is 89.8 Å². The first-order valence-electron chi connectivity index (χ1n) is 5.67. The summed E-state index contributed by atoms with van der Waals surface area (Å²) in [5.41, 5.74) is -0.419. The van der Waals surface area contributed by atoms with Gasteiger partial charge in [0.05, 0.1) is 10.4 Å². The highest BCUT2D eigenvalue weighted by Crippen LogP contribution is 2.19. The normalized spacial score (nSPS) is 12.4. The number of sulfonamides is 1. The Morgan fingerprint density at radius 3 is 2.37 bits per heavy atom. The van der Waals surface area contributed by atoms with Crippen LogP contribution in [0, 0.1) is 0 Å². The van der Waals surface area contributed by atoms with Crippen molar-refractivity contribution in [1.29, 1.82) is 0 Å². The minimum absolute atomic E-state index is 0.0938. The lowest BCUT2D eigenvalue weighted by molar-refractivity contribution is 0.352. The van der Waals surface area contributed by atoms with Crippen molar-refractivity contribution in [1.82, 2.24) is 20.2 Å². The van der Waals surface area contributed by atoms with Gasteiger partial charge in [-0.25, -0.2) is 17.8 Å². The van der Waals surface area contributed by atoms with Gasteiger partial charge in [0.25, 0.3) is 16.0 Å². The van der Waals surface area contributed by atoms with E-state index in [4.69, 9.17) is 0 Å². The van der Waals surface area contributed by atoms with Crippen LogP contribution in [0.25, 0.3) is 0 Å². The number of aromatic nitrogens is 4. The van der Waals surface area contributed by atoms with Crippen molar-refractivity contribution in [2.45, 2.75) is 31.2 Å². The van der Waals surface area contributed by atoms with E-state index in [1.54, 1.807) is 18.2 Å². The van der Waals surface area contributed by atoms with Crippen LogP contribution in [0.2, 0.25) is 0 Å². The van der Waals surface area contributed by atoms with Crippen LogP contribution in [-0.4, -0.2) is 28.6 Å². The zero-order valence-corrected chi connectivity index (χ0v) is 11.7. The number of benzene rings is 1. The molecule has 0 aliphatic rings. The van der Waals surface area contributed by atoms with Crippen molar-refractivity contribution in [2.24, 2.45) is 0 Å². The highest BCUT2D eigenvalue weighted by Gasteiger charge is 2.23. The summed E-state index contributed by atoms with van der Waals surface area (Å²) in [5, 5.41) is 11.0. The molecule has 0 saturated heterocycles. The number of rotatable bonds is 3. The van der Waals surface area contributed by atoms with Gasteiger partial charge < -0.3 is 0 Å². The largest absolute Gasteiger partial charge is 0.264 e. The number of tetrazole rings is 1. The van der Waals surface area contributed by atoms with Crippen LogP contribution in [-0.2, 0) is 15.6 Å². The molecular formula is C11H15N5O2S. The van der Waals surface area contributed by atoms with Crippen molar-refractivity contribution in [3.8, 4) is 0 Å². The van der Waals surface area contributed by atoms with Gasteiger partial charge in [0.1, 0.15) is 0 Å². The van der Waals surface area contributed by atoms with E-state index in [0.29, 0.717) is 0 Å². The fourth-order valence-electron chi connectivity index (χ4n) is 1.48. The highest BCUT2D eigenvalue weighted by atomic mass is 32.2. The molecule has 1 heterocycles. The molecule has 0 aliphatic carbocycles. The number of nitrogens with zero attached hydrogens (tertiary/aromatic N) is 4. The second-order valence-corrected chi connectivity index (χ2v) is 6.69. The molecule has 0 aliphatic heterocycles. The Hall–Kier alpha value is -1.96. The summed E-state index contributed by atoms with van der Waals surface area (Å²) in [5.74, 6) is 0.0938. The minimum atomic E-state index is -3.68. The zero-order valence-electron chi connectivity index (χ0n) is 10.9. The summed E-state index contributed by atoms with van der Waals surface area (Å²) < 4.78 is 28.1. The third kappa shape index (κ3) is 2.90. The predicted octanol–water partition coefficient (Wildman–Crippen LogP) is 1.23. The first-order valence-corrected chi connectivity index (χ1v) is 7.16. The number of hydrogen-bond donors (Lipinski definition) is 1.